The van der Waals surface area contributed by atoms with Crippen LogP contribution in [-0.2, 0) is 4.74 Å². The van der Waals surface area contributed by atoms with Crippen molar-refractivity contribution in [1.82, 2.24) is 10.3 Å². The molecule has 1 aliphatic heterocycles. The van der Waals surface area contributed by atoms with E-state index in [1.54, 1.807) is 18.3 Å². The van der Waals surface area contributed by atoms with Crippen LogP contribution in [0.5, 0.6) is 11.5 Å². The Morgan fingerprint density at radius 2 is 1.61 bits per heavy atom. The molecule has 0 unspecified atom stereocenters. The Morgan fingerprint density at radius 3 is 2.32 bits per heavy atom. The zero-order valence-corrected chi connectivity index (χ0v) is 23.3. The average Bonchev–Trinajstić information content (AvgIpc) is 3.63. The number of aryl methyl sites for hydroxylation is 1. The van der Waals surface area contributed by atoms with Crippen LogP contribution in [0.1, 0.15) is 39.5 Å². The fourth-order valence-electron chi connectivity index (χ4n) is 4.98. The Kier molecular flexibility index (Phi) is 7.22. The van der Waals surface area contributed by atoms with Crippen LogP contribution < -0.4 is 15.0 Å². The molecule has 3 heterocycles. The molecule has 1 saturated heterocycles. The number of rotatable bonds is 7. The summed E-state index contributed by atoms with van der Waals surface area (Å²) in [4.78, 5) is 19.1. The van der Waals surface area contributed by atoms with Crippen LogP contribution in [0.3, 0.4) is 0 Å². The van der Waals surface area contributed by atoms with E-state index in [9.17, 15) is 4.79 Å². The van der Waals surface area contributed by atoms with Gasteiger partial charge in [0.15, 0.2) is 5.11 Å². The van der Waals surface area contributed by atoms with Gasteiger partial charge in [0.05, 0.1) is 24.4 Å². The number of esters is 1. The molecule has 3 aromatic carbocycles. The van der Waals surface area contributed by atoms with Crippen LogP contribution in [0.25, 0.3) is 11.3 Å². The van der Waals surface area contributed by atoms with E-state index >= 15 is 0 Å². The summed E-state index contributed by atoms with van der Waals surface area (Å²) in [5, 5.41) is 3.99. The lowest BCUT2D eigenvalue weighted by molar-refractivity contribution is 0.0601. The molecule has 2 atom stereocenters. The maximum Gasteiger partial charge on any atom is 0.338 e. The molecule has 1 aliphatic rings. The summed E-state index contributed by atoms with van der Waals surface area (Å²) < 4.78 is 17.5. The molecule has 7 nitrogen and oxygen atoms in total. The van der Waals surface area contributed by atoms with Crippen molar-refractivity contribution in [2.24, 2.45) is 0 Å². The molecule has 1 N–H and O–H groups in total. The van der Waals surface area contributed by atoms with Crippen LogP contribution >= 0.6 is 12.2 Å². The number of thiocarbonyl (C=S) groups is 1. The smallest absolute Gasteiger partial charge is 0.338 e. The summed E-state index contributed by atoms with van der Waals surface area (Å²) in [6.45, 7) is 2.04. The largest absolute Gasteiger partial charge is 0.465 e. The van der Waals surface area contributed by atoms with Crippen LogP contribution in [0.15, 0.2) is 114 Å². The average molecular weight is 562 g/mol. The number of anilines is 1. The van der Waals surface area contributed by atoms with E-state index < -0.39 is 5.97 Å². The molecule has 5 aromatic rings. The number of carbonyl (C=O) groups is 1. The molecular weight excluding hydrogens is 534 g/mol. The van der Waals surface area contributed by atoms with E-state index in [0.29, 0.717) is 33.5 Å². The fourth-order valence-corrected chi connectivity index (χ4v) is 5.33. The minimum Gasteiger partial charge on any atom is -0.465 e. The summed E-state index contributed by atoms with van der Waals surface area (Å²) >= 11 is 5.85. The number of carbonyl (C=O) groups excluding carboxylic acids is 1. The molecule has 6 rings (SSSR count). The predicted molar refractivity (Wildman–Crippen MR) is 161 cm³/mol. The van der Waals surface area contributed by atoms with Crippen molar-refractivity contribution >= 4 is 29.0 Å². The van der Waals surface area contributed by atoms with E-state index in [1.165, 1.54) is 12.7 Å². The maximum atomic E-state index is 12.4. The van der Waals surface area contributed by atoms with E-state index in [4.69, 9.17) is 26.1 Å². The molecule has 1 fully saturated rings. The Hall–Kier alpha value is -4.95. The second kappa shape index (κ2) is 11.3. The Balaban J connectivity index is 1.36. The summed E-state index contributed by atoms with van der Waals surface area (Å²) in [5.74, 6) is 2.28. The van der Waals surface area contributed by atoms with Crippen LogP contribution in [0, 0.1) is 6.92 Å². The minimum atomic E-state index is -0.428. The van der Waals surface area contributed by atoms with Crippen molar-refractivity contribution < 1.29 is 18.7 Å². The van der Waals surface area contributed by atoms with Crippen molar-refractivity contribution in [3.63, 3.8) is 0 Å². The molecule has 41 heavy (non-hydrogen) atoms. The lowest BCUT2D eigenvalue weighted by atomic mass is 10.0. The number of furan rings is 1. The van der Waals surface area contributed by atoms with Gasteiger partial charge in [-0.15, -0.1) is 0 Å². The third-order valence-corrected chi connectivity index (χ3v) is 7.30. The van der Waals surface area contributed by atoms with Crippen molar-refractivity contribution in [3.8, 4) is 22.8 Å². The highest BCUT2D eigenvalue weighted by atomic mass is 32.1. The second-order valence-corrected chi connectivity index (χ2v) is 10.0. The zero-order valence-electron chi connectivity index (χ0n) is 22.5. The number of aromatic nitrogens is 1. The molecule has 2 aromatic heterocycles. The topological polar surface area (TPSA) is 76.8 Å². The minimum absolute atomic E-state index is 0.276. The molecule has 8 heteroatoms. The highest BCUT2D eigenvalue weighted by Gasteiger charge is 2.42. The summed E-state index contributed by atoms with van der Waals surface area (Å²) in [6, 6.07) is 31.9. The Morgan fingerprint density at radius 1 is 0.902 bits per heavy atom. The number of methoxy groups -OCH3 is 1. The fraction of sp³-hybridized carbons (Fsp3) is 0.121. The van der Waals surface area contributed by atoms with Crippen molar-refractivity contribution in [2.45, 2.75) is 19.0 Å². The molecule has 0 saturated carbocycles. The Labute approximate surface area is 243 Å². The van der Waals surface area contributed by atoms with E-state index in [0.717, 1.165) is 17.1 Å². The number of hydrogen-bond acceptors (Lipinski definition) is 6. The van der Waals surface area contributed by atoms with Gasteiger partial charge in [0.1, 0.15) is 29.1 Å². The number of pyridine rings is 1. The van der Waals surface area contributed by atoms with Crippen LogP contribution in [0.4, 0.5) is 5.69 Å². The van der Waals surface area contributed by atoms with Crippen molar-refractivity contribution in [2.75, 3.05) is 12.0 Å². The quantitative estimate of drug-likeness (QED) is 0.163. The summed E-state index contributed by atoms with van der Waals surface area (Å²) in [7, 11) is 1.37. The first-order chi connectivity index (χ1) is 20.0. The van der Waals surface area contributed by atoms with Gasteiger partial charge in [-0.2, -0.15) is 0 Å². The standard InChI is InChI=1S/C33H27N3O4S/c1-21-10-14-23(15-11-21)39-24-16-12-22(13-17-24)36-31(30(35-33(36)41)27-9-5-6-20-34-27)29-19-18-28(40-29)25-7-3-4-8-26(25)32(37)38-2/h3-20,30-31H,1-2H3,(H,35,41)/t30-,31-/m0/s1. The van der Waals surface area contributed by atoms with Crippen LogP contribution in [0.2, 0.25) is 0 Å². The van der Waals surface area contributed by atoms with Gasteiger partial charge < -0.3 is 24.1 Å². The van der Waals surface area contributed by atoms with Gasteiger partial charge in [-0.05, 0) is 85.9 Å². The second-order valence-electron chi connectivity index (χ2n) is 9.64. The van der Waals surface area contributed by atoms with Gasteiger partial charge in [0.25, 0.3) is 0 Å². The highest BCUT2D eigenvalue weighted by Crippen LogP contribution is 2.43. The lowest BCUT2D eigenvalue weighted by Gasteiger charge is -2.26. The normalized spacial score (nSPS) is 16.3. The zero-order chi connectivity index (χ0) is 28.3. The van der Waals surface area contributed by atoms with Crippen molar-refractivity contribution in [3.05, 3.63) is 132 Å². The monoisotopic (exact) mass is 561 g/mol. The predicted octanol–water partition coefficient (Wildman–Crippen LogP) is 7.41. The van der Waals surface area contributed by atoms with Gasteiger partial charge >= 0.3 is 5.97 Å². The van der Waals surface area contributed by atoms with E-state index in [1.807, 2.05) is 103 Å². The summed E-state index contributed by atoms with van der Waals surface area (Å²) in [5.41, 5.74) is 3.95. The third kappa shape index (κ3) is 5.29. The van der Waals surface area contributed by atoms with Gasteiger partial charge in [0.2, 0.25) is 0 Å². The van der Waals surface area contributed by atoms with Crippen molar-refractivity contribution in [1.29, 1.82) is 0 Å². The number of hydrogen-bond donors (Lipinski definition) is 1. The summed E-state index contributed by atoms with van der Waals surface area (Å²) in [6.07, 6.45) is 1.76. The molecule has 0 bridgehead atoms. The number of nitrogens with zero attached hydrogens (tertiary/aromatic N) is 2. The molecule has 0 spiro atoms. The van der Waals surface area contributed by atoms with E-state index in [2.05, 4.69) is 10.3 Å². The van der Waals surface area contributed by atoms with Gasteiger partial charge in [0, 0.05) is 17.4 Å². The van der Waals surface area contributed by atoms with E-state index in [-0.39, 0.29) is 12.1 Å². The number of benzene rings is 3. The molecular formula is C33H27N3O4S. The lowest BCUT2D eigenvalue weighted by Crippen LogP contribution is -2.29. The number of ether oxygens (including phenoxy) is 2. The van der Waals surface area contributed by atoms with Crippen LogP contribution in [-0.4, -0.2) is 23.2 Å². The maximum absolute atomic E-state index is 12.4. The molecule has 0 amide bonds. The molecule has 204 valence electrons. The number of nitrogens with one attached hydrogen (secondary N) is 1. The first-order valence-electron chi connectivity index (χ1n) is 13.1. The van der Waals surface area contributed by atoms with Gasteiger partial charge in [-0.1, -0.05) is 42.0 Å². The first-order valence-corrected chi connectivity index (χ1v) is 13.6. The SMILES string of the molecule is COC(=O)c1ccccc1-c1ccc([C@H]2[C@H](c3ccccn3)NC(=S)N2c2ccc(Oc3ccc(C)cc3)cc2)o1. The Bertz CT molecular complexity index is 1680. The highest BCUT2D eigenvalue weighted by molar-refractivity contribution is 7.80. The van der Waals surface area contributed by atoms with Gasteiger partial charge in [-0.25, -0.2) is 4.79 Å². The third-order valence-electron chi connectivity index (χ3n) is 6.99. The van der Waals surface area contributed by atoms with Gasteiger partial charge in [-0.3, -0.25) is 4.98 Å². The molecule has 0 aliphatic carbocycles. The molecule has 0 radical (unpaired) electrons. The first kappa shape index (κ1) is 26.3.